The van der Waals surface area contributed by atoms with Gasteiger partial charge in [-0.15, -0.1) is 0 Å². The molecule has 86 valence electrons. The van der Waals surface area contributed by atoms with Crippen LogP contribution in [-0.2, 0) is 4.79 Å². The number of carboxylic acid groups (broad SMARTS) is 1. The van der Waals surface area contributed by atoms with Crippen molar-refractivity contribution in [2.75, 3.05) is 0 Å². The van der Waals surface area contributed by atoms with E-state index < -0.39 is 5.97 Å². The average molecular weight is 210 g/mol. The van der Waals surface area contributed by atoms with E-state index in [1.54, 1.807) is 0 Å². The van der Waals surface area contributed by atoms with E-state index in [9.17, 15) is 4.79 Å². The third kappa shape index (κ3) is 2.73. The molecule has 0 bridgehead atoms. The van der Waals surface area contributed by atoms with Gasteiger partial charge in [0.15, 0.2) is 0 Å². The third-order valence-electron chi connectivity index (χ3n) is 4.34. The molecule has 0 aromatic rings. The topological polar surface area (TPSA) is 37.3 Å². The Morgan fingerprint density at radius 1 is 1.00 bits per heavy atom. The Morgan fingerprint density at radius 2 is 1.73 bits per heavy atom. The van der Waals surface area contributed by atoms with Crippen molar-refractivity contribution in [2.45, 2.75) is 57.8 Å². The van der Waals surface area contributed by atoms with Gasteiger partial charge in [-0.25, -0.2) is 0 Å². The van der Waals surface area contributed by atoms with Gasteiger partial charge < -0.3 is 5.11 Å². The third-order valence-corrected chi connectivity index (χ3v) is 4.34. The standard InChI is InChI=1S/C13H22O2/c14-13(15)12-8-4-7-11(12)9-10-5-2-1-3-6-10/h10-12H,1-9H2,(H,14,15). The molecule has 0 saturated heterocycles. The fraction of sp³-hybridized carbons (Fsp3) is 0.923. The van der Waals surface area contributed by atoms with Crippen molar-refractivity contribution in [3.63, 3.8) is 0 Å². The quantitative estimate of drug-likeness (QED) is 0.774. The molecule has 1 N–H and O–H groups in total. The Bertz CT molecular complexity index is 219. The average Bonchev–Trinajstić information content (AvgIpc) is 2.67. The lowest BCUT2D eigenvalue weighted by Gasteiger charge is -2.26. The summed E-state index contributed by atoms with van der Waals surface area (Å²) in [7, 11) is 0. The molecule has 0 amide bonds. The van der Waals surface area contributed by atoms with Crippen LogP contribution in [0.15, 0.2) is 0 Å². The van der Waals surface area contributed by atoms with Crippen LogP contribution in [0.2, 0.25) is 0 Å². The lowest BCUT2D eigenvalue weighted by Crippen LogP contribution is -2.21. The number of hydrogen-bond acceptors (Lipinski definition) is 1. The molecule has 2 aliphatic rings. The summed E-state index contributed by atoms with van der Waals surface area (Å²) < 4.78 is 0. The maximum atomic E-state index is 11.1. The Balaban J connectivity index is 1.84. The molecule has 0 spiro atoms. The lowest BCUT2D eigenvalue weighted by molar-refractivity contribution is -0.143. The molecule has 2 unspecified atom stereocenters. The van der Waals surface area contributed by atoms with Crippen LogP contribution >= 0.6 is 0 Å². The van der Waals surface area contributed by atoms with Crippen LogP contribution in [-0.4, -0.2) is 11.1 Å². The first kappa shape index (κ1) is 11.0. The molecular formula is C13H22O2. The normalized spacial score (nSPS) is 33.1. The summed E-state index contributed by atoms with van der Waals surface area (Å²) in [5.74, 6) is 0.759. The molecule has 2 atom stereocenters. The van der Waals surface area contributed by atoms with Crippen molar-refractivity contribution in [1.29, 1.82) is 0 Å². The predicted molar refractivity (Wildman–Crippen MR) is 59.7 cm³/mol. The molecule has 0 radical (unpaired) electrons. The zero-order valence-electron chi connectivity index (χ0n) is 9.45. The van der Waals surface area contributed by atoms with Gasteiger partial charge in [0.05, 0.1) is 5.92 Å². The van der Waals surface area contributed by atoms with E-state index in [1.807, 2.05) is 0 Å². The van der Waals surface area contributed by atoms with Gasteiger partial charge >= 0.3 is 5.97 Å². The van der Waals surface area contributed by atoms with Gasteiger partial charge in [-0.3, -0.25) is 4.79 Å². The van der Waals surface area contributed by atoms with Crippen molar-refractivity contribution in [2.24, 2.45) is 17.8 Å². The molecule has 15 heavy (non-hydrogen) atoms. The van der Waals surface area contributed by atoms with Crippen molar-refractivity contribution in [1.82, 2.24) is 0 Å². The molecule has 0 aliphatic heterocycles. The first-order valence-electron chi connectivity index (χ1n) is 6.50. The Morgan fingerprint density at radius 3 is 2.40 bits per heavy atom. The minimum Gasteiger partial charge on any atom is -0.481 e. The first-order chi connectivity index (χ1) is 7.27. The van der Waals surface area contributed by atoms with Gasteiger partial charge in [0.25, 0.3) is 0 Å². The van der Waals surface area contributed by atoms with Gasteiger partial charge in [-0.05, 0) is 31.1 Å². The summed E-state index contributed by atoms with van der Waals surface area (Å²) in [5.41, 5.74) is 0. The molecule has 2 fully saturated rings. The Labute approximate surface area is 92.1 Å². The SMILES string of the molecule is O=C(O)C1CCCC1CC1CCCCC1. The van der Waals surface area contributed by atoms with Crippen molar-refractivity contribution >= 4 is 5.97 Å². The van der Waals surface area contributed by atoms with Crippen LogP contribution < -0.4 is 0 Å². The van der Waals surface area contributed by atoms with Gasteiger partial charge in [-0.2, -0.15) is 0 Å². The van der Waals surface area contributed by atoms with E-state index in [-0.39, 0.29) is 5.92 Å². The number of carboxylic acids is 1. The van der Waals surface area contributed by atoms with Gasteiger partial charge in [0.2, 0.25) is 0 Å². The summed E-state index contributed by atoms with van der Waals surface area (Å²) in [6.45, 7) is 0. The van der Waals surface area contributed by atoms with Crippen LogP contribution in [0, 0.1) is 17.8 Å². The van der Waals surface area contributed by atoms with E-state index >= 15 is 0 Å². The summed E-state index contributed by atoms with van der Waals surface area (Å²) >= 11 is 0. The largest absolute Gasteiger partial charge is 0.481 e. The highest BCUT2D eigenvalue weighted by molar-refractivity contribution is 5.70. The molecule has 0 aromatic heterocycles. The highest BCUT2D eigenvalue weighted by atomic mass is 16.4. The summed E-state index contributed by atoms with van der Waals surface area (Å²) in [6, 6.07) is 0. The molecule has 0 aromatic carbocycles. The zero-order chi connectivity index (χ0) is 10.7. The summed E-state index contributed by atoms with van der Waals surface area (Å²) in [6.07, 6.45) is 11.2. The van der Waals surface area contributed by atoms with Crippen LogP contribution in [0.5, 0.6) is 0 Å². The molecule has 2 heteroatoms. The molecule has 2 aliphatic carbocycles. The van der Waals surface area contributed by atoms with Crippen molar-refractivity contribution < 1.29 is 9.90 Å². The van der Waals surface area contributed by atoms with E-state index in [4.69, 9.17) is 5.11 Å². The highest BCUT2D eigenvalue weighted by Gasteiger charge is 2.34. The first-order valence-corrected chi connectivity index (χ1v) is 6.50. The maximum Gasteiger partial charge on any atom is 0.306 e. The van der Waals surface area contributed by atoms with Gasteiger partial charge in [-0.1, -0.05) is 38.5 Å². The number of rotatable bonds is 3. The molecule has 2 saturated carbocycles. The van der Waals surface area contributed by atoms with Gasteiger partial charge in [0.1, 0.15) is 0 Å². The lowest BCUT2D eigenvalue weighted by atomic mass is 9.79. The monoisotopic (exact) mass is 210 g/mol. The minimum absolute atomic E-state index is 0.0214. The Hall–Kier alpha value is -0.530. The fourth-order valence-corrected chi connectivity index (χ4v) is 3.50. The molecule has 2 nitrogen and oxygen atoms in total. The second kappa shape index (κ2) is 5.00. The number of carbonyl (C=O) groups is 1. The van der Waals surface area contributed by atoms with Crippen LogP contribution in [0.4, 0.5) is 0 Å². The summed E-state index contributed by atoms with van der Waals surface area (Å²) in [4.78, 5) is 11.1. The second-order valence-electron chi connectivity index (χ2n) is 5.38. The fourth-order valence-electron chi connectivity index (χ4n) is 3.50. The van der Waals surface area contributed by atoms with E-state index in [1.165, 1.54) is 38.5 Å². The number of hydrogen-bond donors (Lipinski definition) is 1. The van der Waals surface area contributed by atoms with E-state index in [0.29, 0.717) is 5.92 Å². The van der Waals surface area contributed by atoms with Gasteiger partial charge in [0, 0.05) is 0 Å². The van der Waals surface area contributed by atoms with Crippen LogP contribution in [0.25, 0.3) is 0 Å². The van der Waals surface area contributed by atoms with Crippen LogP contribution in [0.1, 0.15) is 57.8 Å². The predicted octanol–water partition coefficient (Wildman–Crippen LogP) is 3.46. The molecule has 0 heterocycles. The van der Waals surface area contributed by atoms with E-state index in [2.05, 4.69) is 0 Å². The van der Waals surface area contributed by atoms with Crippen molar-refractivity contribution in [3.05, 3.63) is 0 Å². The number of aliphatic carboxylic acids is 1. The van der Waals surface area contributed by atoms with Crippen LogP contribution in [0.3, 0.4) is 0 Å². The Kier molecular flexibility index (Phi) is 3.66. The second-order valence-corrected chi connectivity index (χ2v) is 5.38. The van der Waals surface area contributed by atoms with Crippen molar-refractivity contribution in [3.8, 4) is 0 Å². The zero-order valence-corrected chi connectivity index (χ0v) is 9.45. The minimum atomic E-state index is -0.548. The highest BCUT2D eigenvalue weighted by Crippen LogP contribution is 2.39. The summed E-state index contributed by atoms with van der Waals surface area (Å²) in [5, 5.41) is 9.11. The smallest absolute Gasteiger partial charge is 0.306 e. The molecule has 2 rings (SSSR count). The maximum absolute atomic E-state index is 11.1. The van der Waals surface area contributed by atoms with E-state index in [0.717, 1.165) is 25.2 Å². The molecular weight excluding hydrogens is 188 g/mol.